The van der Waals surface area contributed by atoms with Gasteiger partial charge in [-0.25, -0.2) is 8.78 Å². The molecule has 16 rings (SSSR count). The molecule has 4 fully saturated rings. The van der Waals surface area contributed by atoms with Crippen LogP contribution in [0.3, 0.4) is 0 Å². The molecule has 12 N–H and O–H groups in total. The van der Waals surface area contributed by atoms with E-state index in [1.54, 1.807) is 97.1 Å². The molecule has 0 saturated carbocycles. The van der Waals surface area contributed by atoms with Gasteiger partial charge in [0.2, 0.25) is 23.6 Å². The van der Waals surface area contributed by atoms with Crippen molar-refractivity contribution in [3.8, 4) is 23.0 Å². The highest BCUT2D eigenvalue weighted by atomic mass is 35.5. The predicted octanol–water partition coefficient (Wildman–Crippen LogP) is 12.6. The third-order valence-electron chi connectivity index (χ3n) is 21.0. The van der Waals surface area contributed by atoms with Gasteiger partial charge in [-0.1, -0.05) is 41.9 Å². The second-order valence-electron chi connectivity index (χ2n) is 30.2. The van der Waals surface area contributed by atoms with Crippen LogP contribution in [0.4, 0.5) is 54.3 Å². The molecule has 4 saturated heterocycles. The number of pyridine rings is 4. The fourth-order valence-electron chi connectivity index (χ4n) is 13.9. The number of nitrogens with one attached hydrogen (secondary N) is 4. The molecular formula is C97H95ClF2N16O16. The van der Waals surface area contributed by atoms with E-state index >= 15 is 0 Å². The molecule has 0 aliphatic carbocycles. The Bertz CT molecular complexity index is 5720. The van der Waals surface area contributed by atoms with E-state index < -0.39 is 47.1 Å². The summed E-state index contributed by atoms with van der Waals surface area (Å²) in [6.07, 6.45) is 11.4. The molecule has 0 radical (unpaired) electrons. The summed E-state index contributed by atoms with van der Waals surface area (Å²) in [4.78, 5) is 120. The predicted molar refractivity (Wildman–Crippen MR) is 493 cm³/mol. The number of rotatable bonds is 28. The topological polar surface area (TPSA) is 427 Å². The lowest BCUT2D eigenvalue weighted by Crippen LogP contribution is -2.36. The van der Waals surface area contributed by atoms with Crippen LogP contribution in [0.15, 0.2) is 244 Å². The zero-order chi connectivity index (χ0) is 92.8. The summed E-state index contributed by atoms with van der Waals surface area (Å²) >= 11 is 6.29. The Morgan fingerprint density at radius 2 is 0.636 bits per heavy atom. The Kier molecular flexibility index (Phi) is 33.1. The number of anilines is 8. The largest absolute Gasteiger partial charge is 0.487 e. The van der Waals surface area contributed by atoms with Crippen molar-refractivity contribution in [2.24, 2.45) is 22.9 Å². The highest BCUT2D eigenvalue weighted by molar-refractivity contribution is 6.31. The molecule has 32 nitrogen and oxygen atoms in total. The molecule has 0 unspecified atom stereocenters. The van der Waals surface area contributed by atoms with Crippen LogP contribution in [0.1, 0.15) is 111 Å². The lowest BCUT2D eigenvalue weighted by molar-refractivity contribution is 0.0991. The number of halogens is 3. The van der Waals surface area contributed by atoms with E-state index in [9.17, 15) is 47.1 Å². The van der Waals surface area contributed by atoms with Gasteiger partial charge in [-0.2, -0.15) is 0 Å². The maximum absolute atomic E-state index is 14.6. The van der Waals surface area contributed by atoms with Crippen molar-refractivity contribution < 1.29 is 85.0 Å². The molecule has 4 aliphatic rings. The number of morpholine rings is 4. The van der Waals surface area contributed by atoms with Crippen LogP contribution in [0, 0.1) is 18.6 Å². The maximum atomic E-state index is 14.6. The maximum Gasteiger partial charge on any atom is 0.255 e. The number of carbonyl (C=O) groups is 8. The van der Waals surface area contributed by atoms with Crippen LogP contribution in [-0.4, -0.2) is 172 Å². The number of benzene rings is 8. The number of aromatic nitrogens is 4. The number of aryl methyl sites for hydroxylation is 1. The van der Waals surface area contributed by atoms with Gasteiger partial charge in [0.15, 0.2) is 0 Å². The summed E-state index contributed by atoms with van der Waals surface area (Å²) in [7, 11) is 0. The minimum absolute atomic E-state index is 0.126. The molecule has 4 aromatic heterocycles. The number of primary amides is 4. The summed E-state index contributed by atoms with van der Waals surface area (Å²) in [5, 5.41) is 11.9. The molecule has 35 heteroatoms. The molecule has 4 aliphatic heterocycles. The van der Waals surface area contributed by atoms with Crippen molar-refractivity contribution in [3.05, 3.63) is 333 Å². The Hall–Kier alpha value is -15.5. The van der Waals surface area contributed by atoms with Gasteiger partial charge in [0.1, 0.15) is 61.1 Å². The van der Waals surface area contributed by atoms with Crippen LogP contribution in [0.5, 0.6) is 23.0 Å². The Labute approximate surface area is 763 Å². The highest BCUT2D eigenvalue weighted by Crippen LogP contribution is 2.30. The fraction of sp³-hybridized carbons (Fsp3) is 0.216. The summed E-state index contributed by atoms with van der Waals surface area (Å²) in [6.45, 7) is 13.6. The average Bonchev–Trinajstić information content (AvgIpc) is 0.808. The monoisotopic (exact) mass is 1810 g/mol. The molecule has 680 valence electrons. The zero-order valence-corrected chi connectivity index (χ0v) is 72.5. The van der Waals surface area contributed by atoms with Crippen molar-refractivity contribution >= 4 is 104 Å². The summed E-state index contributed by atoms with van der Waals surface area (Å²) < 4.78 is 73.4. The van der Waals surface area contributed by atoms with Crippen LogP contribution >= 0.6 is 11.6 Å². The van der Waals surface area contributed by atoms with Crippen LogP contribution in [0.2, 0.25) is 5.02 Å². The molecule has 0 bridgehead atoms. The molecule has 12 aromatic rings. The molecule has 0 spiro atoms. The summed E-state index contributed by atoms with van der Waals surface area (Å²) in [5.41, 5.74) is 33.3. The van der Waals surface area contributed by atoms with Gasteiger partial charge in [0.25, 0.3) is 23.6 Å². The number of nitrogens with zero attached hydrogens (tertiary/aromatic N) is 8. The van der Waals surface area contributed by atoms with Gasteiger partial charge in [-0.3, -0.25) is 58.3 Å². The molecule has 132 heavy (non-hydrogen) atoms. The van der Waals surface area contributed by atoms with Gasteiger partial charge in [-0.15, -0.1) is 0 Å². The van der Waals surface area contributed by atoms with E-state index in [4.69, 9.17) is 72.4 Å². The third-order valence-corrected chi connectivity index (χ3v) is 21.4. The minimum atomic E-state index is -0.591. The first kappa shape index (κ1) is 94.1. The number of hydrogen-bond acceptors (Lipinski definition) is 24. The third kappa shape index (κ3) is 27.3. The quantitative estimate of drug-likeness (QED) is 0.0226. The van der Waals surface area contributed by atoms with Gasteiger partial charge in [0, 0.05) is 144 Å². The van der Waals surface area contributed by atoms with Crippen molar-refractivity contribution in [2.75, 3.05) is 146 Å². The minimum Gasteiger partial charge on any atom is -0.487 e. The van der Waals surface area contributed by atoms with Gasteiger partial charge < -0.3 is 102 Å². The Morgan fingerprint density at radius 1 is 0.333 bits per heavy atom. The number of hydrogen-bond donors (Lipinski definition) is 8. The molecule has 8 aromatic carbocycles. The van der Waals surface area contributed by atoms with E-state index in [2.05, 4.69) is 51.0 Å². The van der Waals surface area contributed by atoms with E-state index in [0.29, 0.717) is 145 Å². The van der Waals surface area contributed by atoms with Gasteiger partial charge in [-0.05, 0) is 193 Å². The van der Waals surface area contributed by atoms with Crippen LogP contribution in [0.25, 0.3) is 0 Å². The second kappa shape index (κ2) is 46.5. The van der Waals surface area contributed by atoms with E-state index in [1.807, 2.05) is 83.5 Å². The number of nitrogens with two attached hydrogens (primary N) is 4. The normalized spacial score (nSPS) is 13.4. The van der Waals surface area contributed by atoms with E-state index in [0.717, 1.165) is 73.0 Å². The first-order valence-corrected chi connectivity index (χ1v) is 42.3. The Balaban J connectivity index is 0.000000150. The van der Waals surface area contributed by atoms with Crippen molar-refractivity contribution in [2.45, 2.75) is 33.4 Å². The molecule has 8 amide bonds. The Morgan fingerprint density at radius 3 is 0.985 bits per heavy atom. The lowest BCUT2D eigenvalue weighted by Gasteiger charge is -2.29. The average molecular weight is 1810 g/mol. The second-order valence-corrected chi connectivity index (χ2v) is 30.6. The van der Waals surface area contributed by atoms with Crippen LogP contribution in [-0.2, 0) is 45.4 Å². The molecular weight excluding hydrogens is 1720 g/mol. The van der Waals surface area contributed by atoms with Gasteiger partial charge in [0.05, 0.1) is 111 Å². The van der Waals surface area contributed by atoms with E-state index in [1.165, 1.54) is 79.9 Å². The molecule has 8 heterocycles. The van der Waals surface area contributed by atoms with Crippen molar-refractivity contribution in [1.82, 2.24) is 19.9 Å². The number of ether oxygens (including phenoxy) is 8. The summed E-state index contributed by atoms with van der Waals surface area (Å²) in [5.74, 6) is -2.84. The standard InChI is InChI=1S/C25H26N4O4.C24H23ClN4O4.2C24H23FN4O4/c1-17-2-5-21(12-20(17)16-33-23-13-19(24(26)30)14-27-15-23)28-25(31)18-3-6-22(7-4-18)29-8-10-32-11-9-29;25-22-6-3-19(11-18(22)15-33-21-12-17(23(26)30)13-27-14-21)28-24(31)16-1-4-20(5-2-16)29-7-9-32-10-8-29;2*25-21-12-17(4-5-22(21)29-6-8-32-9-7-29)24(31)28-19-3-1-2-16(10-19)15-33-20-11-18(23(26)30)13-27-14-20/h2-7,12-15H,8-11,16H2,1H3,(H2,26,30)(H,28,31);1-6,11-14H,7-10,15H2,(H2,26,30)(H,28,31);2*1-5,10-14H,6-9,15H2,(H2,26,30)(H,28,31). The summed E-state index contributed by atoms with van der Waals surface area (Å²) in [6, 6.07) is 55.1. The SMILES string of the molecule is Cc1ccc(NC(=O)c2ccc(N3CCOCC3)cc2)cc1COc1cncc(C(N)=O)c1.NC(=O)c1cncc(OCc2cc(NC(=O)c3ccc(N4CCOCC4)cc3)ccc2Cl)c1.NC(=O)c1cncc(OCc2cccc(NC(=O)c3ccc(N4CCOCC4)c(F)c3)c2)c1.NC(=O)c1cncc(OCc2cccc(NC(=O)c3ccc(N4CCOCC4)c(F)c3)c2)c1. The first-order valence-electron chi connectivity index (χ1n) is 41.9. The van der Waals surface area contributed by atoms with Crippen molar-refractivity contribution in [3.63, 3.8) is 0 Å². The number of carbonyl (C=O) groups excluding carboxylic acids is 8. The van der Waals surface area contributed by atoms with Crippen molar-refractivity contribution in [1.29, 1.82) is 0 Å². The fourth-order valence-corrected chi connectivity index (χ4v) is 14.0. The number of amides is 8. The first-order chi connectivity index (χ1) is 64.0. The van der Waals surface area contributed by atoms with E-state index in [-0.39, 0.29) is 71.6 Å². The highest BCUT2D eigenvalue weighted by Gasteiger charge is 2.23. The zero-order valence-electron chi connectivity index (χ0n) is 71.8. The lowest BCUT2D eigenvalue weighted by atomic mass is 10.1. The smallest absolute Gasteiger partial charge is 0.255 e. The van der Waals surface area contributed by atoms with Gasteiger partial charge >= 0.3 is 0 Å². The molecule has 0 atom stereocenters. The van der Waals surface area contributed by atoms with Crippen LogP contribution < -0.4 is 82.7 Å².